The monoisotopic (exact) mass is 138 g/mol. The maximum Gasteiger partial charge on any atom is 0.0495 e. The standard InChI is InChI=1S/C8H10S/c1-7-8(9-7)5-3-2-4-6-8/h2-5,7H,6H2,1H3. The molecular formula is C8H10S. The van der Waals surface area contributed by atoms with Crippen molar-refractivity contribution in [2.45, 2.75) is 23.3 Å². The predicted octanol–water partition coefficient (Wildman–Crippen LogP) is 2.38. The summed E-state index contributed by atoms with van der Waals surface area (Å²) in [6.45, 7) is 2.30. The van der Waals surface area contributed by atoms with Gasteiger partial charge in [-0.15, -0.1) is 11.8 Å². The lowest BCUT2D eigenvalue weighted by Crippen LogP contribution is -2.08. The van der Waals surface area contributed by atoms with Crippen molar-refractivity contribution in [2.75, 3.05) is 0 Å². The topological polar surface area (TPSA) is 0 Å². The van der Waals surface area contributed by atoms with Gasteiger partial charge >= 0.3 is 0 Å². The second-order valence-corrected chi connectivity index (χ2v) is 4.41. The van der Waals surface area contributed by atoms with Gasteiger partial charge in [-0.1, -0.05) is 31.2 Å². The second-order valence-electron chi connectivity index (χ2n) is 2.71. The molecule has 0 saturated carbocycles. The number of allylic oxidation sites excluding steroid dienone is 3. The zero-order valence-corrected chi connectivity index (χ0v) is 6.32. The summed E-state index contributed by atoms with van der Waals surface area (Å²) >= 11 is 2.08. The first-order valence-electron chi connectivity index (χ1n) is 3.36. The molecule has 0 radical (unpaired) electrons. The highest BCUT2D eigenvalue weighted by atomic mass is 32.2. The number of hydrogen-bond donors (Lipinski definition) is 0. The zero-order valence-electron chi connectivity index (χ0n) is 5.50. The van der Waals surface area contributed by atoms with Crippen LogP contribution in [-0.4, -0.2) is 10.00 Å². The van der Waals surface area contributed by atoms with Crippen LogP contribution in [0, 0.1) is 0 Å². The quantitative estimate of drug-likeness (QED) is 0.463. The van der Waals surface area contributed by atoms with Gasteiger partial charge in [0.1, 0.15) is 0 Å². The molecule has 2 atom stereocenters. The Bertz CT molecular complexity index is 181. The smallest absolute Gasteiger partial charge is 0.0495 e. The molecule has 9 heavy (non-hydrogen) atoms. The fourth-order valence-corrected chi connectivity index (χ4v) is 2.42. The Labute approximate surface area is 60.0 Å². The molecule has 2 aliphatic rings. The van der Waals surface area contributed by atoms with Crippen molar-refractivity contribution >= 4 is 11.8 Å². The van der Waals surface area contributed by atoms with E-state index in [0.717, 1.165) is 5.25 Å². The first-order valence-corrected chi connectivity index (χ1v) is 4.24. The molecule has 48 valence electrons. The average molecular weight is 138 g/mol. The van der Waals surface area contributed by atoms with Crippen LogP contribution in [0.3, 0.4) is 0 Å². The van der Waals surface area contributed by atoms with E-state index in [1.165, 1.54) is 6.42 Å². The molecule has 0 bridgehead atoms. The molecule has 0 N–H and O–H groups in total. The van der Waals surface area contributed by atoms with E-state index in [2.05, 4.69) is 43.0 Å². The Morgan fingerprint density at radius 3 is 2.67 bits per heavy atom. The van der Waals surface area contributed by atoms with E-state index in [-0.39, 0.29) is 0 Å². The number of hydrogen-bond acceptors (Lipinski definition) is 1. The lowest BCUT2D eigenvalue weighted by atomic mass is 9.98. The Balaban J connectivity index is 2.18. The van der Waals surface area contributed by atoms with Gasteiger partial charge in [-0.2, -0.15) is 0 Å². The van der Waals surface area contributed by atoms with Gasteiger partial charge in [-0.05, 0) is 6.42 Å². The number of rotatable bonds is 0. The lowest BCUT2D eigenvalue weighted by Gasteiger charge is -2.07. The van der Waals surface area contributed by atoms with Gasteiger partial charge < -0.3 is 0 Å². The third kappa shape index (κ3) is 0.751. The van der Waals surface area contributed by atoms with Gasteiger partial charge in [0.25, 0.3) is 0 Å². The molecule has 0 amide bonds. The van der Waals surface area contributed by atoms with E-state index < -0.39 is 0 Å². The number of thioether (sulfide) groups is 1. The van der Waals surface area contributed by atoms with Crippen LogP contribution in [0.4, 0.5) is 0 Å². The molecule has 0 aromatic heterocycles. The fraction of sp³-hybridized carbons (Fsp3) is 0.500. The molecule has 1 aliphatic carbocycles. The Morgan fingerprint density at radius 2 is 2.33 bits per heavy atom. The molecule has 1 heterocycles. The normalized spacial score (nSPS) is 46.1. The van der Waals surface area contributed by atoms with Crippen LogP contribution >= 0.6 is 11.8 Å². The third-order valence-electron chi connectivity index (χ3n) is 2.09. The summed E-state index contributed by atoms with van der Waals surface area (Å²) in [4.78, 5) is 0. The molecule has 0 aromatic rings. The molecule has 2 unspecified atom stereocenters. The minimum Gasteiger partial charge on any atom is -0.145 e. The van der Waals surface area contributed by atoms with Crippen molar-refractivity contribution in [2.24, 2.45) is 0 Å². The van der Waals surface area contributed by atoms with Crippen LogP contribution in [0.25, 0.3) is 0 Å². The van der Waals surface area contributed by atoms with Crippen molar-refractivity contribution in [1.82, 2.24) is 0 Å². The molecule has 1 fully saturated rings. The zero-order chi connectivity index (χ0) is 6.32. The molecular weight excluding hydrogens is 128 g/mol. The summed E-state index contributed by atoms with van der Waals surface area (Å²) in [5, 5.41) is 0.860. The van der Waals surface area contributed by atoms with Crippen LogP contribution in [0.2, 0.25) is 0 Å². The summed E-state index contributed by atoms with van der Waals surface area (Å²) in [6, 6.07) is 0. The van der Waals surface area contributed by atoms with Gasteiger partial charge in [0.2, 0.25) is 0 Å². The van der Waals surface area contributed by atoms with Crippen molar-refractivity contribution in [1.29, 1.82) is 0 Å². The third-order valence-corrected chi connectivity index (χ3v) is 3.70. The Hall–Kier alpha value is -0.170. The Morgan fingerprint density at radius 1 is 1.56 bits per heavy atom. The Kier molecular flexibility index (Phi) is 1.03. The fourth-order valence-electron chi connectivity index (χ4n) is 1.30. The van der Waals surface area contributed by atoms with Crippen LogP contribution in [-0.2, 0) is 0 Å². The highest BCUT2D eigenvalue weighted by molar-refractivity contribution is 8.08. The van der Waals surface area contributed by atoms with Gasteiger partial charge in [0.05, 0.1) is 0 Å². The van der Waals surface area contributed by atoms with Crippen LogP contribution in [0.5, 0.6) is 0 Å². The lowest BCUT2D eigenvalue weighted by molar-refractivity contribution is 0.797. The van der Waals surface area contributed by atoms with E-state index in [4.69, 9.17) is 0 Å². The van der Waals surface area contributed by atoms with Crippen LogP contribution in [0.1, 0.15) is 13.3 Å². The first-order chi connectivity index (χ1) is 4.33. The molecule has 1 saturated heterocycles. The van der Waals surface area contributed by atoms with Gasteiger partial charge in [-0.25, -0.2) is 0 Å². The minimum absolute atomic E-state index is 0.536. The summed E-state index contributed by atoms with van der Waals surface area (Å²) in [5.74, 6) is 0. The molecule has 0 aromatic carbocycles. The van der Waals surface area contributed by atoms with E-state index in [1.54, 1.807) is 0 Å². The van der Waals surface area contributed by atoms with Gasteiger partial charge in [0.15, 0.2) is 0 Å². The minimum atomic E-state index is 0.536. The summed E-state index contributed by atoms with van der Waals surface area (Å²) in [6.07, 6.45) is 10.1. The van der Waals surface area contributed by atoms with Gasteiger partial charge in [-0.3, -0.25) is 0 Å². The molecule has 0 nitrogen and oxygen atoms in total. The first kappa shape index (κ1) is 5.60. The second kappa shape index (κ2) is 1.66. The van der Waals surface area contributed by atoms with Crippen molar-refractivity contribution in [3.05, 3.63) is 24.3 Å². The van der Waals surface area contributed by atoms with E-state index in [9.17, 15) is 0 Å². The molecule has 1 aliphatic heterocycles. The molecule has 1 spiro atoms. The highest BCUT2D eigenvalue weighted by Gasteiger charge is 2.49. The van der Waals surface area contributed by atoms with E-state index >= 15 is 0 Å². The van der Waals surface area contributed by atoms with Crippen molar-refractivity contribution in [3.63, 3.8) is 0 Å². The van der Waals surface area contributed by atoms with E-state index in [0.29, 0.717) is 4.75 Å². The largest absolute Gasteiger partial charge is 0.145 e. The SMILES string of the molecule is CC1SC12C=CC=CC2. The van der Waals surface area contributed by atoms with Crippen molar-refractivity contribution in [3.8, 4) is 0 Å². The molecule has 2 rings (SSSR count). The predicted molar refractivity (Wildman–Crippen MR) is 42.7 cm³/mol. The summed E-state index contributed by atoms with van der Waals surface area (Å²) in [5.41, 5.74) is 0. The summed E-state index contributed by atoms with van der Waals surface area (Å²) < 4.78 is 0.536. The van der Waals surface area contributed by atoms with Crippen LogP contribution < -0.4 is 0 Å². The van der Waals surface area contributed by atoms with Gasteiger partial charge in [0, 0.05) is 10.00 Å². The highest BCUT2D eigenvalue weighted by Crippen LogP contribution is 2.57. The van der Waals surface area contributed by atoms with Crippen LogP contribution in [0.15, 0.2) is 24.3 Å². The maximum absolute atomic E-state index is 2.34. The summed E-state index contributed by atoms with van der Waals surface area (Å²) in [7, 11) is 0. The van der Waals surface area contributed by atoms with Crippen molar-refractivity contribution < 1.29 is 0 Å². The maximum atomic E-state index is 2.34. The van der Waals surface area contributed by atoms with E-state index in [1.807, 2.05) is 0 Å². The molecule has 1 heteroatoms. The average Bonchev–Trinajstić information content (AvgIpc) is 2.44.